The lowest BCUT2D eigenvalue weighted by Gasteiger charge is -2.16. The van der Waals surface area contributed by atoms with E-state index >= 15 is 0 Å². The number of hydrogen-bond acceptors (Lipinski definition) is 2. The van der Waals surface area contributed by atoms with Gasteiger partial charge in [-0.05, 0) is 29.3 Å². The van der Waals surface area contributed by atoms with Gasteiger partial charge in [-0.1, -0.05) is 40.2 Å². The summed E-state index contributed by atoms with van der Waals surface area (Å²) in [5.41, 5.74) is 9.26. The molecule has 1 aliphatic rings. The van der Waals surface area contributed by atoms with Crippen molar-refractivity contribution in [1.29, 1.82) is 0 Å². The van der Waals surface area contributed by atoms with E-state index in [1.807, 2.05) is 41.3 Å². The van der Waals surface area contributed by atoms with Crippen molar-refractivity contribution in [3.8, 4) is 0 Å². The van der Waals surface area contributed by atoms with Gasteiger partial charge in [0.1, 0.15) is 0 Å². The molecule has 2 aromatic carbocycles. The van der Waals surface area contributed by atoms with Gasteiger partial charge in [0.2, 0.25) is 0 Å². The molecule has 0 radical (unpaired) electrons. The van der Waals surface area contributed by atoms with Crippen LogP contribution >= 0.6 is 15.9 Å². The molecule has 0 fully saturated rings. The maximum Gasteiger partial charge on any atom is 0.254 e. The normalized spacial score (nSPS) is 13.7. The number of carbonyl (C=O) groups excluding carboxylic acids is 1. The molecule has 2 N–H and O–H groups in total. The molecule has 19 heavy (non-hydrogen) atoms. The second-order valence-corrected chi connectivity index (χ2v) is 5.52. The zero-order valence-electron chi connectivity index (χ0n) is 10.3. The number of benzene rings is 2. The predicted molar refractivity (Wildman–Crippen MR) is 78.6 cm³/mol. The van der Waals surface area contributed by atoms with Crippen LogP contribution in [0.25, 0.3) is 0 Å². The number of halogens is 1. The first-order valence-corrected chi connectivity index (χ1v) is 6.85. The van der Waals surface area contributed by atoms with Gasteiger partial charge in [-0.15, -0.1) is 0 Å². The molecular weight excluding hydrogens is 304 g/mol. The number of fused-ring (bicyclic) bond motifs is 1. The molecule has 2 aromatic rings. The maximum atomic E-state index is 12.3. The zero-order chi connectivity index (χ0) is 13.4. The molecule has 0 saturated carbocycles. The Morgan fingerprint density at radius 3 is 2.79 bits per heavy atom. The summed E-state index contributed by atoms with van der Waals surface area (Å²) in [5.74, 6) is 0.0538. The summed E-state index contributed by atoms with van der Waals surface area (Å²) in [5, 5.41) is 0. The van der Waals surface area contributed by atoms with Crippen LogP contribution in [0, 0.1) is 0 Å². The molecule has 0 atom stereocenters. The van der Waals surface area contributed by atoms with E-state index in [2.05, 4.69) is 15.9 Å². The lowest BCUT2D eigenvalue weighted by molar-refractivity contribution is 0.0766. The largest absolute Gasteiger partial charge is 0.399 e. The molecule has 0 bridgehead atoms. The van der Waals surface area contributed by atoms with Gasteiger partial charge in [-0.3, -0.25) is 4.79 Å². The van der Waals surface area contributed by atoms with Crippen molar-refractivity contribution in [2.24, 2.45) is 0 Å². The van der Waals surface area contributed by atoms with Crippen LogP contribution < -0.4 is 5.73 Å². The Morgan fingerprint density at radius 1 is 1.21 bits per heavy atom. The fourth-order valence-corrected chi connectivity index (χ4v) is 2.75. The van der Waals surface area contributed by atoms with Crippen LogP contribution in [-0.2, 0) is 13.1 Å². The molecule has 0 saturated heterocycles. The Labute approximate surface area is 120 Å². The second-order valence-electron chi connectivity index (χ2n) is 4.67. The van der Waals surface area contributed by atoms with Crippen LogP contribution in [0.4, 0.5) is 5.69 Å². The van der Waals surface area contributed by atoms with E-state index in [1.54, 1.807) is 6.07 Å². The van der Waals surface area contributed by atoms with E-state index in [9.17, 15) is 4.79 Å². The molecular formula is C15H13BrN2O. The molecule has 4 heteroatoms. The summed E-state index contributed by atoms with van der Waals surface area (Å²) in [6, 6.07) is 13.5. The van der Waals surface area contributed by atoms with Gasteiger partial charge in [-0.25, -0.2) is 0 Å². The molecule has 0 aromatic heterocycles. The average Bonchev–Trinajstić information content (AvgIpc) is 2.70. The average molecular weight is 317 g/mol. The standard InChI is InChI=1S/C15H13BrN2O/c16-14-4-2-1-3-11(14)9-18-8-10-5-6-12(17)7-13(10)15(18)19/h1-7H,8-9,17H2. The number of rotatable bonds is 2. The summed E-state index contributed by atoms with van der Waals surface area (Å²) < 4.78 is 1.03. The van der Waals surface area contributed by atoms with Crippen molar-refractivity contribution < 1.29 is 4.79 Å². The van der Waals surface area contributed by atoms with Gasteiger partial charge in [0.25, 0.3) is 5.91 Å². The first kappa shape index (κ1) is 12.2. The van der Waals surface area contributed by atoms with Crippen molar-refractivity contribution in [3.05, 3.63) is 63.6 Å². The second kappa shape index (κ2) is 4.70. The Bertz CT molecular complexity index is 654. The van der Waals surface area contributed by atoms with Crippen molar-refractivity contribution >= 4 is 27.5 Å². The van der Waals surface area contributed by atoms with Crippen molar-refractivity contribution in [3.63, 3.8) is 0 Å². The van der Waals surface area contributed by atoms with E-state index in [1.165, 1.54) is 0 Å². The predicted octanol–water partition coefficient (Wildman–Crippen LogP) is 3.19. The smallest absolute Gasteiger partial charge is 0.254 e. The number of anilines is 1. The monoisotopic (exact) mass is 316 g/mol. The molecule has 0 spiro atoms. The van der Waals surface area contributed by atoms with Crippen LogP contribution in [0.3, 0.4) is 0 Å². The van der Waals surface area contributed by atoms with E-state index in [0.717, 1.165) is 21.2 Å². The number of nitrogens with two attached hydrogens (primary N) is 1. The van der Waals surface area contributed by atoms with Gasteiger partial charge in [0.05, 0.1) is 0 Å². The Hall–Kier alpha value is -1.81. The number of amides is 1. The summed E-state index contributed by atoms with van der Waals surface area (Å²) in [7, 11) is 0. The summed E-state index contributed by atoms with van der Waals surface area (Å²) in [6.45, 7) is 1.25. The number of carbonyl (C=O) groups is 1. The molecule has 0 aliphatic carbocycles. The van der Waals surface area contributed by atoms with Gasteiger partial charge in [0, 0.05) is 28.8 Å². The van der Waals surface area contributed by atoms with E-state index in [0.29, 0.717) is 18.8 Å². The molecule has 1 aliphatic heterocycles. The topological polar surface area (TPSA) is 46.3 Å². The van der Waals surface area contributed by atoms with E-state index < -0.39 is 0 Å². The molecule has 3 rings (SSSR count). The van der Waals surface area contributed by atoms with Crippen molar-refractivity contribution in [2.75, 3.05) is 5.73 Å². The zero-order valence-corrected chi connectivity index (χ0v) is 11.9. The first-order valence-electron chi connectivity index (χ1n) is 6.06. The Balaban J connectivity index is 1.87. The number of nitrogens with zero attached hydrogens (tertiary/aromatic N) is 1. The molecule has 1 amide bonds. The van der Waals surface area contributed by atoms with Crippen LogP contribution in [0.5, 0.6) is 0 Å². The molecule has 3 nitrogen and oxygen atoms in total. The highest BCUT2D eigenvalue weighted by Gasteiger charge is 2.27. The third-order valence-corrected chi connectivity index (χ3v) is 4.11. The van der Waals surface area contributed by atoms with E-state index in [-0.39, 0.29) is 5.91 Å². The lowest BCUT2D eigenvalue weighted by Crippen LogP contribution is -2.23. The highest BCUT2D eigenvalue weighted by Crippen LogP contribution is 2.27. The van der Waals surface area contributed by atoms with Crippen LogP contribution in [0.1, 0.15) is 21.5 Å². The van der Waals surface area contributed by atoms with Gasteiger partial charge in [0.15, 0.2) is 0 Å². The summed E-state index contributed by atoms with van der Waals surface area (Å²) >= 11 is 3.51. The highest BCUT2D eigenvalue weighted by molar-refractivity contribution is 9.10. The summed E-state index contributed by atoms with van der Waals surface area (Å²) in [4.78, 5) is 14.2. The fourth-order valence-electron chi connectivity index (χ4n) is 2.34. The van der Waals surface area contributed by atoms with Gasteiger partial charge < -0.3 is 10.6 Å². The number of nitrogen functional groups attached to an aromatic ring is 1. The minimum Gasteiger partial charge on any atom is -0.399 e. The first-order chi connectivity index (χ1) is 9.15. The minimum absolute atomic E-state index is 0.0538. The SMILES string of the molecule is Nc1ccc2c(c1)C(=O)N(Cc1ccccc1Br)C2. The molecule has 0 unspecified atom stereocenters. The van der Waals surface area contributed by atoms with Crippen LogP contribution in [0.15, 0.2) is 46.9 Å². The minimum atomic E-state index is 0.0538. The third-order valence-electron chi connectivity index (χ3n) is 3.33. The van der Waals surface area contributed by atoms with Crippen molar-refractivity contribution in [2.45, 2.75) is 13.1 Å². The summed E-state index contributed by atoms with van der Waals surface area (Å²) in [6.07, 6.45) is 0. The van der Waals surface area contributed by atoms with E-state index in [4.69, 9.17) is 5.73 Å². The molecule has 1 heterocycles. The highest BCUT2D eigenvalue weighted by atomic mass is 79.9. The lowest BCUT2D eigenvalue weighted by atomic mass is 10.1. The fraction of sp³-hybridized carbons (Fsp3) is 0.133. The van der Waals surface area contributed by atoms with Gasteiger partial charge >= 0.3 is 0 Å². The van der Waals surface area contributed by atoms with Crippen LogP contribution in [-0.4, -0.2) is 10.8 Å². The van der Waals surface area contributed by atoms with Gasteiger partial charge in [-0.2, -0.15) is 0 Å². The van der Waals surface area contributed by atoms with Crippen molar-refractivity contribution in [1.82, 2.24) is 4.90 Å². The third kappa shape index (κ3) is 2.24. The Morgan fingerprint density at radius 2 is 2.00 bits per heavy atom. The maximum absolute atomic E-state index is 12.3. The molecule has 96 valence electrons. The van der Waals surface area contributed by atoms with Crippen LogP contribution in [0.2, 0.25) is 0 Å². The number of hydrogen-bond donors (Lipinski definition) is 1. The Kier molecular flexibility index (Phi) is 3.03. The quantitative estimate of drug-likeness (QED) is 0.865.